The van der Waals surface area contributed by atoms with Gasteiger partial charge in [-0.3, -0.25) is 5.01 Å². The van der Waals surface area contributed by atoms with E-state index in [-0.39, 0.29) is 11.3 Å². The Balaban J connectivity index is 3.22. The second kappa shape index (κ2) is 4.43. The Morgan fingerprint density at radius 3 is 2.73 bits per heavy atom. The van der Waals surface area contributed by atoms with E-state index >= 15 is 0 Å². The van der Waals surface area contributed by atoms with Crippen LogP contribution in [0, 0.1) is 5.82 Å². The number of hydrogen-bond donors (Lipinski definition) is 3. The van der Waals surface area contributed by atoms with Gasteiger partial charge in [0.1, 0.15) is 5.82 Å². The molecule has 0 radical (unpaired) electrons. The Labute approximate surface area is 85.4 Å². The van der Waals surface area contributed by atoms with Crippen LogP contribution in [0.1, 0.15) is 10.4 Å². The van der Waals surface area contributed by atoms with Crippen molar-refractivity contribution in [1.29, 1.82) is 0 Å². The van der Waals surface area contributed by atoms with Gasteiger partial charge in [-0.25, -0.2) is 15.0 Å². The molecule has 0 aromatic heterocycles. The molecule has 0 saturated carbocycles. The van der Waals surface area contributed by atoms with Crippen molar-refractivity contribution in [2.24, 2.45) is 11.6 Å². The standard InChI is InChI=1S/C9H10FN3O2/c10-6-1-2-8(13(12)4-3-11)7(5-6)9(14)15/h1-5H,11-12H2,(H,14,15)/b4-3-. The van der Waals surface area contributed by atoms with Crippen LogP contribution in [0.3, 0.4) is 0 Å². The van der Waals surface area contributed by atoms with E-state index in [9.17, 15) is 9.18 Å². The largest absolute Gasteiger partial charge is 0.478 e. The summed E-state index contributed by atoms with van der Waals surface area (Å²) < 4.78 is 12.8. The molecule has 5 N–H and O–H groups in total. The van der Waals surface area contributed by atoms with Crippen molar-refractivity contribution >= 4 is 11.7 Å². The summed E-state index contributed by atoms with van der Waals surface area (Å²) >= 11 is 0. The van der Waals surface area contributed by atoms with Gasteiger partial charge in [0, 0.05) is 12.4 Å². The third kappa shape index (κ3) is 2.44. The number of rotatable bonds is 3. The topological polar surface area (TPSA) is 92.6 Å². The first kappa shape index (κ1) is 11.0. The van der Waals surface area contributed by atoms with E-state index in [2.05, 4.69) is 0 Å². The number of halogens is 1. The van der Waals surface area contributed by atoms with E-state index < -0.39 is 11.8 Å². The van der Waals surface area contributed by atoms with Gasteiger partial charge >= 0.3 is 5.97 Å². The number of aromatic carboxylic acids is 1. The summed E-state index contributed by atoms with van der Waals surface area (Å²) in [6.07, 6.45) is 2.41. The molecule has 0 saturated heterocycles. The van der Waals surface area contributed by atoms with Crippen molar-refractivity contribution < 1.29 is 14.3 Å². The predicted molar refractivity (Wildman–Crippen MR) is 53.4 cm³/mol. The lowest BCUT2D eigenvalue weighted by Gasteiger charge is -2.15. The maximum atomic E-state index is 12.8. The average Bonchev–Trinajstić information content (AvgIpc) is 2.17. The van der Waals surface area contributed by atoms with Gasteiger partial charge in [0.25, 0.3) is 0 Å². The van der Waals surface area contributed by atoms with Gasteiger partial charge in [-0.2, -0.15) is 0 Å². The fraction of sp³-hybridized carbons (Fsp3) is 0. The first-order chi connectivity index (χ1) is 7.06. The smallest absolute Gasteiger partial charge is 0.337 e. The third-order valence-corrected chi connectivity index (χ3v) is 1.71. The molecule has 0 aliphatic rings. The molecule has 0 heterocycles. The van der Waals surface area contributed by atoms with E-state index in [1.54, 1.807) is 0 Å². The normalized spacial score (nSPS) is 10.5. The number of hydrogen-bond acceptors (Lipinski definition) is 4. The summed E-state index contributed by atoms with van der Waals surface area (Å²) in [6.45, 7) is 0. The van der Waals surface area contributed by atoms with Crippen molar-refractivity contribution in [2.75, 3.05) is 5.01 Å². The van der Waals surface area contributed by atoms with Crippen LogP contribution in [-0.2, 0) is 0 Å². The Hall–Kier alpha value is -2.08. The molecule has 1 rings (SSSR count). The minimum absolute atomic E-state index is 0.158. The minimum atomic E-state index is -1.26. The van der Waals surface area contributed by atoms with Crippen LogP contribution in [0.4, 0.5) is 10.1 Å². The summed E-state index contributed by atoms with van der Waals surface area (Å²) in [5, 5.41) is 9.81. The first-order valence-electron chi connectivity index (χ1n) is 4.01. The van der Waals surface area contributed by atoms with Crippen LogP contribution < -0.4 is 16.6 Å². The summed E-state index contributed by atoms with van der Waals surface area (Å²) in [5.74, 6) is 3.58. The lowest BCUT2D eigenvalue weighted by atomic mass is 10.1. The molecule has 0 fully saturated rings. The predicted octanol–water partition coefficient (Wildman–Crippen LogP) is 0.634. The van der Waals surface area contributed by atoms with E-state index in [0.717, 1.165) is 23.3 Å². The number of carboxylic acid groups (broad SMARTS) is 1. The quantitative estimate of drug-likeness (QED) is 0.503. The average molecular weight is 211 g/mol. The number of hydrazine groups is 1. The van der Waals surface area contributed by atoms with E-state index in [4.69, 9.17) is 16.7 Å². The molecule has 1 aromatic rings. The lowest BCUT2D eigenvalue weighted by molar-refractivity contribution is 0.0697. The van der Waals surface area contributed by atoms with Crippen LogP contribution in [0.15, 0.2) is 30.6 Å². The van der Waals surface area contributed by atoms with Gasteiger partial charge in [-0.15, -0.1) is 0 Å². The highest BCUT2D eigenvalue weighted by Gasteiger charge is 2.13. The molecule has 0 unspecified atom stereocenters. The molecular formula is C9H10FN3O2. The third-order valence-electron chi connectivity index (χ3n) is 1.71. The Kier molecular flexibility index (Phi) is 3.25. The van der Waals surface area contributed by atoms with Gasteiger partial charge in [-0.1, -0.05) is 0 Å². The van der Waals surface area contributed by atoms with Gasteiger partial charge in [0.2, 0.25) is 0 Å². The molecule has 0 bridgehead atoms. The number of nitrogens with zero attached hydrogens (tertiary/aromatic N) is 1. The molecule has 5 nitrogen and oxygen atoms in total. The number of anilines is 1. The maximum absolute atomic E-state index is 12.8. The molecule has 80 valence electrons. The van der Waals surface area contributed by atoms with E-state index in [1.807, 2.05) is 0 Å². The zero-order valence-corrected chi connectivity index (χ0v) is 7.72. The number of nitrogens with two attached hydrogens (primary N) is 2. The number of carboxylic acids is 1. The highest BCUT2D eigenvalue weighted by atomic mass is 19.1. The van der Waals surface area contributed by atoms with Crippen molar-refractivity contribution in [2.45, 2.75) is 0 Å². The van der Waals surface area contributed by atoms with Gasteiger partial charge in [0.15, 0.2) is 0 Å². The summed E-state index contributed by atoms with van der Waals surface area (Å²) in [7, 11) is 0. The Morgan fingerprint density at radius 2 is 2.20 bits per heavy atom. The van der Waals surface area contributed by atoms with E-state index in [0.29, 0.717) is 0 Å². The molecule has 0 atom stereocenters. The van der Waals surface area contributed by atoms with Crippen LogP contribution in [0.5, 0.6) is 0 Å². The minimum Gasteiger partial charge on any atom is -0.478 e. The fourth-order valence-corrected chi connectivity index (χ4v) is 1.08. The van der Waals surface area contributed by atoms with Crippen LogP contribution in [0.2, 0.25) is 0 Å². The second-order valence-corrected chi connectivity index (χ2v) is 2.72. The molecule has 0 aliphatic heterocycles. The highest BCUT2D eigenvalue weighted by Crippen LogP contribution is 2.19. The molecule has 15 heavy (non-hydrogen) atoms. The Morgan fingerprint density at radius 1 is 1.53 bits per heavy atom. The van der Waals surface area contributed by atoms with Crippen LogP contribution >= 0.6 is 0 Å². The zero-order valence-electron chi connectivity index (χ0n) is 7.72. The van der Waals surface area contributed by atoms with E-state index in [1.165, 1.54) is 12.3 Å². The van der Waals surface area contributed by atoms with Gasteiger partial charge in [-0.05, 0) is 18.2 Å². The lowest BCUT2D eigenvalue weighted by Crippen LogP contribution is -2.26. The SMILES string of the molecule is N/C=C\N(N)c1ccc(F)cc1C(=O)O. The van der Waals surface area contributed by atoms with Gasteiger partial charge < -0.3 is 10.8 Å². The van der Waals surface area contributed by atoms with Gasteiger partial charge in [0.05, 0.1) is 11.3 Å². The molecule has 0 amide bonds. The van der Waals surface area contributed by atoms with Crippen LogP contribution in [-0.4, -0.2) is 11.1 Å². The summed E-state index contributed by atoms with van der Waals surface area (Å²) in [6, 6.07) is 3.27. The Bertz CT molecular complexity index is 406. The monoisotopic (exact) mass is 211 g/mol. The molecule has 0 aliphatic carbocycles. The summed E-state index contributed by atoms with van der Waals surface area (Å²) in [5.41, 5.74) is 5.03. The van der Waals surface area contributed by atoms with Crippen molar-refractivity contribution in [3.63, 3.8) is 0 Å². The number of benzene rings is 1. The fourth-order valence-electron chi connectivity index (χ4n) is 1.08. The number of carbonyl (C=O) groups is 1. The van der Waals surface area contributed by atoms with Crippen molar-refractivity contribution in [3.05, 3.63) is 42.0 Å². The zero-order chi connectivity index (χ0) is 11.4. The molecule has 1 aromatic carbocycles. The molecule has 0 spiro atoms. The van der Waals surface area contributed by atoms with Crippen molar-refractivity contribution in [1.82, 2.24) is 0 Å². The maximum Gasteiger partial charge on any atom is 0.337 e. The van der Waals surface area contributed by atoms with Crippen molar-refractivity contribution in [3.8, 4) is 0 Å². The van der Waals surface area contributed by atoms with Crippen LogP contribution in [0.25, 0.3) is 0 Å². The first-order valence-corrected chi connectivity index (χ1v) is 4.01. The second-order valence-electron chi connectivity index (χ2n) is 2.72. The molecule has 6 heteroatoms. The summed E-state index contributed by atoms with van der Waals surface area (Å²) in [4.78, 5) is 10.8. The molecular weight excluding hydrogens is 201 g/mol. The highest BCUT2D eigenvalue weighted by molar-refractivity contribution is 5.94.